The minimum atomic E-state index is 0.105. The normalized spacial score (nSPS) is 12.7. The van der Waals surface area contributed by atoms with Crippen molar-refractivity contribution in [2.24, 2.45) is 0 Å². The number of aryl methyl sites for hydroxylation is 2. The molecule has 126 valence electrons. The van der Waals surface area contributed by atoms with Gasteiger partial charge in [-0.2, -0.15) is 5.10 Å². The summed E-state index contributed by atoms with van der Waals surface area (Å²) in [6, 6.07) is 4.51. The minimum absolute atomic E-state index is 0.105. The summed E-state index contributed by atoms with van der Waals surface area (Å²) in [5, 5.41) is 10.6. The van der Waals surface area contributed by atoms with E-state index in [0.717, 1.165) is 23.9 Å². The first kappa shape index (κ1) is 17.5. The third-order valence-electron chi connectivity index (χ3n) is 3.99. The molecule has 1 aromatic heterocycles. The van der Waals surface area contributed by atoms with Crippen LogP contribution in [-0.2, 0) is 6.54 Å². The number of hydrogen-bond acceptors (Lipinski definition) is 4. The molecule has 2 rings (SSSR count). The van der Waals surface area contributed by atoms with Gasteiger partial charge >= 0.3 is 0 Å². The molecular formula is C18H28N4O. The number of nitrogens with one attached hydrogen (secondary N) is 2. The number of H-pyrrole nitrogens is 1. The van der Waals surface area contributed by atoms with Crippen molar-refractivity contribution in [2.45, 2.75) is 60.0 Å². The zero-order valence-electron chi connectivity index (χ0n) is 15.0. The van der Waals surface area contributed by atoms with E-state index in [9.17, 15) is 0 Å². The quantitative estimate of drug-likeness (QED) is 0.815. The number of nitrogens with zero attached hydrogens (tertiary/aromatic N) is 2. The number of aromatic nitrogens is 3. The lowest BCUT2D eigenvalue weighted by Gasteiger charge is -2.18. The highest BCUT2D eigenvalue weighted by Gasteiger charge is 2.14. The largest absolute Gasteiger partial charge is 0.494 e. The molecule has 1 aromatic carbocycles. The van der Waals surface area contributed by atoms with Gasteiger partial charge in [0.1, 0.15) is 11.6 Å². The van der Waals surface area contributed by atoms with E-state index in [-0.39, 0.29) is 6.04 Å². The molecule has 1 heterocycles. The molecule has 1 atom stereocenters. The number of benzene rings is 1. The number of ether oxygens (including phenoxy) is 1. The van der Waals surface area contributed by atoms with Crippen LogP contribution in [0.3, 0.4) is 0 Å². The monoisotopic (exact) mass is 316 g/mol. The smallest absolute Gasteiger partial charge is 0.167 e. The second-order valence-corrected chi connectivity index (χ2v) is 6.29. The minimum Gasteiger partial charge on any atom is -0.494 e. The molecule has 0 saturated heterocycles. The van der Waals surface area contributed by atoms with E-state index in [4.69, 9.17) is 4.74 Å². The molecule has 0 aliphatic heterocycles. The standard InChI is InChI=1S/C18H28N4O/c1-7-23-17-8-12(4)15(9-16(17)11(2)3)10-19-13(5)18-20-14(6)21-22-18/h8-9,11,13,19H,7,10H2,1-6H3,(H,20,21,22). The molecule has 1 unspecified atom stereocenters. The number of hydrogen-bond donors (Lipinski definition) is 2. The highest BCUT2D eigenvalue weighted by Crippen LogP contribution is 2.30. The fraction of sp³-hybridized carbons (Fsp3) is 0.556. The summed E-state index contributed by atoms with van der Waals surface area (Å²) in [6.07, 6.45) is 0. The predicted molar refractivity (Wildman–Crippen MR) is 92.8 cm³/mol. The predicted octanol–water partition coefficient (Wildman–Crippen LogP) is 3.79. The van der Waals surface area contributed by atoms with Crippen LogP contribution in [0.4, 0.5) is 0 Å². The highest BCUT2D eigenvalue weighted by molar-refractivity contribution is 5.44. The molecular weight excluding hydrogens is 288 g/mol. The Labute approximate surface area is 138 Å². The molecule has 0 amide bonds. The molecule has 23 heavy (non-hydrogen) atoms. The first-order valence-electron chi connectivity index (χ1n) is 8.30. The first-order chi connectivity index (χ1) is 10.9. The molecule has 2 aromatic rings. The lowest BCUT2D eigenvalue weighted by atomic mass is 9.96. The van der Waals surface area contributed by atoms with E-state index in [2.05, 4.69) is 60.3 Å². The van der Waals surface area contributed by atoms with Crippen molar-refractivity contribution < 1.29 is 4.74 Å². The van der Waals surface area contributed by atoms with Gasteiger partial charge in [0, 0.05) is 6.54 Å². The summed E-state index contributed by atoms with van der Waals surface area (Å²) in [7, 11) is 0. The van der Waals surface area contributed by atoms with Gasteiger partial charge in [-0.05, 0) is 56.4 Å². The Hall–Kier alpha value is -1.88. The van der Waals surface area contributed by atoms with Gasteiger partial charge in [0.05, 0.1) is 12.6 Å². The fourth-order valence-corrected chi connectivity index (χ4v) is 2.58. The van der Waals surface area contributed by atoms with E-state index in [1.807, 2.05) is 13.8 Å². The summed E-state index contributed by atoms with van der Waals surface area (Å²) in [4.78, 5) is 4.38. The maximum Gasteiger partial charge on any atom is 0.167 e. The SMILES string of the molecule is CCOc1cc(C)c(CNC(C)c2n[nH]c(C)n2)cc1C(C)C. The highest BCUT2D eigenvalue weighted by atomic mass is 16.5. The molecule has 5 heteroatoms. The van der Waals surface area contributed by atoms with E-state index >= 15 is 0 Å². The van der Waals surface area contributed by atoms with Crippen molar-refractivity contribution in [2.75, 3.05) is 6.61 Å². The van der Waals surface area contributed by atoms with Gasteiger partial charge in [0.25, 0.3) is 0 Å². The lowest BCUT2D eigenvalue weighted by Crippen LogP contribution is -2.20. The molecule has 0 aliphatic carbocycles. The Morgan fingerprint density at radius 3 is 2.52 bits per heavy atom. The molecule has 0 aliphatic rings. The summed E-state index contributed by atoms with van der Waals surface area (Å²) >= 11 is 0. The van der Waals surface area contributed by atoms with Gasteiger partial charge in [-0.15, -0.1) is 0 Å². The van der Waals surface area contributed by atoms with E-state index in [1.54, 1.807) is 0 Å². The third kappa shape index (κ3) is 4.32. The van der Waals surface area contributed by atoms with Crippen molar-refractivity contribution >= 4 is 0 Å². The Balaban J connectivity index is 2.14. The van der Waals surface area contributed by atoms with E-state index < -0.39 is 0 Å². The maximum atomic E-state index is 5.79. The van der Waals surface area contributed by atoms with E-state index in [1.165, 1.54) is 16.7 Å². The fourth-order valence-electron chi connectivity index (χ4n) is 2.58. The molecule has 0 fully saturated rings. The zero-order valence-corrected chi connectivity index (χ0v) is 15.0. The average molecular weight is 316 g/mol. The van der Waals surface area contributed by atoms with Crippen molar-refractivity contribution in [3.8, 4) is 5.75 Å². The van der Waals surface area contributed by atoms with Crippen LogP contribution in [0.1, 0.15) is 68.0 Å². The molecule has 0 spiro atoms. The topological polar surface area (TPSA) is 62.8 Å². The molecule has 0 saturated carbocycles. The van der Waals surface area contributed by atoms with Crippen LogP contribution in [0, 0.1) is 13.8 Å². The third-order valence-corrected chi connectivity index (χ3v) is 3.99. The second-order valence-electron chi connectivity index (χ2n) is 6.29. The van der Waals surface area contributed by atoms with Gasteiger partial charge in [-0.25, -0.2) is 4.98 Å². The van der Waals surface area contributed by atoms with Crippen molar-refractivity contribution in [1.29, 1.82) is 0 Å². The van der Waals surface area contributed by atoms with Crippen molar-refractivity contribution in [3.63, 3.8) is 0 Å². The van der Waals surface area contributed by atoms with Crippen LogP contribution in [0.2, 0.25) is 0 Å². The van der Waals surface area contributed by atoms with Crippen molar-refractivity contribution in [3.05, 3.63) is 40.5 Å². The Morgan fingerprint density at radius 1 is 1.22 bits per heavy atom. The zero-order chi connectivity index (χ0) is 17.0. The summed E-state index contributed by atoms with van der Waals surface area (Å²) in [5.74, 6) is 3.08. The average Bonchev–Trinajstić information content (AvgIpc) is 2.92. The van der Waals surface area contributed by atoms with Gasteiger partial charge in [0.2, 0.25) is 0 Å². The molecule has 0 radical (unpaired) electrons. The first-order valence-corrected chi connectivity index (χ1v) is 8.30. The van der Waals surface area contributed by atoms with Crippen molar-refractivity contribution in [1.82, 2.24) is 20.5 Å². The number of rotatable bonds is 7. The Kier molecular flexibility index (Phi) is 5.77. The summed E-state index contributed by atoms with van der Waals surface area (Å²) in [5.41, 5.74) is 3.79. The lowest BCUT2D eigenvalue weighted by molar-refractivity contribution is 0.334. The van der Waals surface area contributed by atoms with Gasteiger partial charge < -0.3 is 10.1 Å². The van der Waals surface area contributed by atoms with Gasteiger partial charge in [0.15, 0.2) is 5.82 Å². The van der Waals surface area contributed by atoms with Crippen LogP contribution in [0.5, 0.6) is 5.75 Å². The van der Waals surface area contributed by atoms with Gasteiger partial charge in [-0.3, -0.25) is 5.10 Å². The second kappa shape index (κ2) is 7.59. The van der Waals surface area contributed by atoms with Gasteiger partial charge in [-0.1, -0.05) is 19.9 Å². The van der Waals surface area contributed by atoms with Crippen LogP contribution in [0.25, 0.3) is 0 Å². The maximum absolute atomic E-state index is 5.79. The Bertz CT molecular complexity index is 648. The van der Waals surface area contributed by atoms with E-state index in [0.29, 0.717) is 12.5 Å². The molecule has 0 bridgehead atoms. The number of aromatic amines is 1. The molecule has 5 nitrogen and oxygen atoms in total. The van der Waals surface area contributed by atoms with Crippen LogP contribution in [0.15, 0.2) is 12.1 Å². The Morgan fingerprint density at radius 2 is 1.96 bits per heavy atom. The van der Waals surface area contributed by atoms with Crippen LogP contribution >= 0.6 is 0 Å². The van der Waals surface area contributed by atoms with Crippen LogP contribution < -0.4 is 10.1 Å². The molecule has 2 N–H and O–H groups in total. The summed E-state index contributed by atoms with van der Waals surface area (Å²) < 4.78 is 5.79. The van der Waals surface area contributed by atoms with Crippen LogP contribution in [-0.4, -0.2) is 21.8 Å². The summed E-state index contributed by atoms with van der Waals surface area (Å²) in [6.45, 7) is 14.0.